The van der Waals surface area contributed by atoms with Gasteiger partial charge in [0.25, 0.3) is 0 Å². The Morgan fingerprint density at radius 3 is 2.93 bits per heavy atom. The van der Waals surface area contributed by atoms with Crippen molar-refractivity contribution in [1.29, 1.82) is 0 Å². The van der Waals surface area contributed by atoms with Gasteiger partial charge in [-0.25, -0.2) is 0 Å². The molecule has 0 aliphatic heterocycles. The molecule has 0 atom stereocenters. The summed E-state index contributed by atoms with van der Waals surface area (Å²) in [5.41, 5.74) is 7.43. The molecule has 14 heavy (non-hydrogen) atoms. The normalized spacial score (nSPS) is 12.0. The summed E-state index contributed by atoms with van der Waals surface area (Å²) in [6.07, 6.45) is 3.42. The standard InChI is InChI=1S/C11H14N2O/c1-13-7-6-11(12)9-4-3-5-10(8-9)14-2/h3-8H,12H2,1-2H3. The van der Waals surface area contributed by atoms with E-state index in [2.05, 4.69) is 4.99 Å². The average molecular weight is 190 g/mol. The van der Waals surface area contributed by atoms with Gasteiger partial charge in [-0.15, -0.1) is 0 Å². The zero-order valence-electron chi connectivity index (χ0n) is 8.40. The number of hydrogen-bond donors (Lipinski definition) is 1. The number of methoxy groups -OCH3 is 1. The van der Waals surface area contributed by atoms with Gasteiger partial charge in [0.1, 0.15) is 5.75 Å². The summed E-state index contributed by atoms with van der Waals surface area (Å²) < 4.78 is 5.09. The molecule has 1 aromatic rings. The highest BCUT2D eigenvalue weighted by Gasteiger charge is 1.97. The van der Waals surface area contributed by atoms with Gasteiger partial charge in [0.2, 0.25) is 0 Å². The van der Waals surface area contributed by atoms with Gasteiger partial charge < -0.3 is 10.5 Å². The second kappa shape index (κ2) is 5.07. The van der Waals surface area contributed by atoms with Gasteiger partial charge in [-0.3, -0.25) is 4.99 Å². The SMILES string of the molecule is CN=CC=C(N)c1cccc(OC)c1. The first-order valence-corrected chi connectivity index (χ1v) is 4.30. The number of hydrogen-bond acceptors (Lipinski definition) is 3. The molecule has 0 aromatic heterocycles. The smallest absolute Gasteiger partial charge is 0.119 e. The van der Waals surface area contributed by atoms with Gasteiger partial charge >= 0.3 is 0 Å². The van der Waals surface area contributed by atoms with Gasteiger partial charge in [0, 0.05) is 24.5 Å². The van der Waals surface area contributed by atoms with E-state index in [-0.39, 0.29) is 0 Å². The zero-order chi connectivity index (χ0) is 10.4. The Morgan fingerprint density at radius 2 is 2.29 bits per heavy atom. The minimum Gasteiger partial charge on any atom is -0.497 e. The fraction of sp³-hybridized carbons (Fsp3) is 0.182. The van der Waals surface area contributed by atoms with Crippen molar-refractivity contribution >= 4 is 11.9 Å². The first-order chi connectivity index (χ1) is 6.77. The van der Waals surface area contributed by atoms with Crippen LogP contribution in [0.15, 0.2) is 35.3 Å². The minimum atomic E-state index is 0.675. The second-order valence-electron chi connectivity index (χ2n) is 2.76. The van der Waals surface area contributed by atoms with Crippen LogP contribution in [-0.4, -0.2) is 20.4 Å². The van der Waals surface area contributed by atoms with Crippen LogP contribution >= 0.6 is 0 Å². The van der Waals surface area contributed by atoms with Gasteiger partial charge in [-0.2, -0.15) is 0 Å². The average Bonchev–Trinajstić information content (AvgIpc) is 2.26. The van der Waals surface area contributed by atoms with Crippen LogP contribution in [0.4, 0.5) is 0 Å². The Kier molecular flexibility index (Phi) is 3.73. The Balaban J connectivity index is 2.95. The molecule has 0 spiro atoms. The lowest BCUT2D eigenvalue weighted by atomic mass is 10.1. The Labute approximate surface area is 83.9 Å². The van der Waals surface area contributed by atoms with E-state index in [9.17, 15) is 0 Å². The van der Waals surface area contributed by atoms with Crippen LogP contribution < -0.4 is 10.5 Å². The number of benzene rings is 1. The summed E-state index contributed by atoms with van der Waals surface area (Å²) >= 11 is 0. The molecule has 1 aromatic carbocycles. The summed E-state index contributed by atoms with van der Waals surface area (Å²) in [6.45, 7) is 0. The maximum atomic E-state index is 5.82. The molecule has 2 N–H and O–H groups in total. The molecule has 0 fully saturated rings. The van der Waals surface area contributed by atoms with E-state index < -0.39 is 0 Å². The lowest BCUT2D eigenvalue weighted by Gasteiger charge is -2.03. The number of nitrogens with two attached hydrogens (primary N) is 1. The van der Waals surface area contributed by atoms with E-state index in [1.807, 2.05) is 24.3 Å². The van der Waals surface area contributed by atoms with Crippen molar-refractivity contribution < 1.29 is 4.74 Å². The molecule has 0 bridgehead atoms. The Hall–Kier alpha value is -1.77. The molecule has 3 heteroatoms. The third kappa shape index (κ3) is 2.62. The third-order valence-corrected chi connectivity index (χ3v) is 1.81. The third-order valence-electron chi connectivity index (χ3n) is 1.81. The molecule has 0 radical (unpaired) electrons. The van der Waals surface area contributed by atoms with Crippen molar-refractivity contribution in [2.75, 3.05) is 14.2 Å². The predicted octanol–water partition coefficient (Wildman–Crippen LogP) is 1.70. The van der Waals surface area contributed by atoms with Crippen LogP contribution in [0.2, 0.25) is 0 Å². The summed E-state index contributed by atoms with van der Waals surface area (Å²) in [4.78, 5) is 3.83. The van der Waals surface area contributed by atoms with Crippen molar-refractivity contribution in [3.63, 3.8) is 0 Å². The Bertz CT molecular complexity index is 356. The van der Waals surface area contributed by atoms with E-state index in [0.717, 1.165) is 11.3 Å². The number of nitrogens with zero attached hydrogens (tertiary/aromatic N) is 1. The monoisotopic (exact) mass is 190 g/mol. The van der Waals surface area contributed by atoms with Crippen molar-refractivity contribution in [2.45, 2.75) is 0 Å². The van der Waals surface area contributed by atoms with Crippen LogP contribution in [-0.2, 0) is 0 Å². The fourth-order valence-electron chi connectivity index (χ4n) is 1.05. The number of ether oxygens (including phenoxy) is 1. The van der Waals surface area contributed by atoms with E-state index in [4.69, 9.17) is 10.5 Å². The first kappa shape index (κ1) is 10.3. The molecule has 0 saturated heterocycles. The fourth-order valence-corrected chi connectivity index (χ4v) is 1.05. The highest BCUT2D eigenvalue weighted by molar-refractivity contribution is 5.83. The molecular formula is C11H14N2O. The number of allylic oxidation sites excluding steroid dienone is 1. The topological polar surface area (TPSA) is 47.6 Å². The molecule has 0 aliphatic carbocycles. The molecule has 74 valence electrons. The van der Waals surface area contributed by atoms with E-state index >= 15 is 0 Å². The molecule has 0 amide bonds. The van der Waals surface area contributed by atoms with Gasteiger partial charge in [0.15, 0.2) is 0 Å². The van der Waals surface area contributed by atoms with Gasteiger partial charge in [-0.1, -0.05) is 12.1 Å². The van der Waals surface area contributed by atoms with Gasteiger partial charge in [-0.05, 0) is 18.2 Å². The lowest BCUT2D eigenvalue weighted by molar-refractivity contribution is 0.414. The minimum absolute atomic E-state index is 0.675. The van der Waals surface area contributed by atoms with Crippen LogP contribution in [0.5, 0.6) is 5.75 Å². The predicted molar refractivity (Wildman–Crippen MR) is 59.6 cm³/mol. The molecular weight excluding hydrogens is 176 g/mol. The quantitative estimate of drug-likeness (QED) is 0.737. The van der Waals surface area contributed by atoms with Crippen LogP contribution in [0.1, 0.15) is 5.56 Å². The van der Waals surface area contributed by atoms with Crippen molar-refractivity contribution in [3.8, 4) is 5.75 Å². The highest BCUT2D eigenvalue weighted by Crippen LogP contribution is 2.16. The van der Waals surface area contributed by atoms with Crippen LogP contribution in [0, 0.1) is 0 Å². The van der Waals surface area contributed by atoms with Crippen molar-refractivity contribution in [2.24, 2.45) is 10.7 Å². The van der Waals surface area contributed by atoms with Crippen molar-refractivity contribution in [3.05, 3.63) is 35.9 Å². The highest BCUT2D eigenvalue weighted by atomic mass is 16.5. The van der Waals surface area contributed by atoms with E-state index in [0.29, 0.717) is 5.70 Å². The maximum absolute atomic E-state index is 5.82. The number of rotatable bonds is 3. The largest absolute Gasteiger partial charge is 0.497 e. The molecule has 3 nitrogen and oxygen atoms in total. The summed E-state index contributed by atoms with van der Waals surface area (Å²) in [5, 5.41) is 0. The molecule has 1 rings (SSSR count). The van der Waals surface area contributed by atoms with E-state index in [1.54, 1.807) is 26.4 Å². The maximum Gasteiger partial charge on any atom is 0.119 e. The molecule has 0 unspecified atom stereocenters. The number of aliphatic imine (C=N–C) groups is 1. The molecule has 0 saturated carbocycles. The molecule has 0 heterocycles. The van der Waals surface area contributed by atoms with Gasteiger partial charge in [0.05, 0.1) is 7.11 Å². The van der Waals surface area contributed by atoms with Crippen molar-refractivity contribution in [1.82, 2.24) is 0 Å². The lowest BCUT2D eigenvalue weighted by Crippen LogP contribution is -1.96. The zero-order valence-corrected chi connectivity index (χ0v) is 8.40. The van der Waals surface area contributed by atoms with E-state index in [1.165, 1.54) is 0 Å². The van der Waals surface area contributed by atoms with Crippen LogP contribution in [0.25, 0.3) is 5.70 Å². The summed E-state index contributed by atoms with van der Waals surface area (Å²) in [5.74, 6) is 0.798. The first-order valence-electron chi connectivity index (χ1n) is 4.30. The molecule has 0 aliphatic rings. The Morgan fingerprint density at radius 1 is 1.50 bits per heavy atom. The summed E-state index contributed by atoms with van der Waals surface area (Å²) in [7, 11) is 3.34. The second-order valence-corrected chi connectivity index (χ2v) is 2.76. The summed E-state index contributed by atoms with van der Waals surface area (Å²) in [6, 6.07) is 7.59. The van der Waals surface area contributed by atoms with Crippen LogP contribution in [0.3, 0.4) is 0 Å².